The SMILES string of the molecule is Cc1cc(Nc2ncc(Cl)c(Nc3ccccc3S(=O)(=O)C(C)C)n2)c(OC(C)C)cc1N1CCC(N2CCN(Cc3ccccc3N3CCC(=O)NC3=O)CC2)CC1. The van der Waals surface area contributed by atoms with Crippen molar-refractivity contribution in [3.63, 3.8) is 0 Å². The van der Waals surface area contributed by atoms with Gasteiger partial charge in [-0.15, -0.1) is 0 Å². The third-order valence-corrected chi connectivity index (χ3v) is 13.7. The number of nitrogens with one attached hydrogen (secondary N) is 3. The number of benzene rings is 3. The number of halogens is 1. The summed E-state index contributed by atoms with van der Waals surface area (Å²) >= 11 is 6.52. The molecule has 7 rings (SSSR count). The van der Waals surface area contributed by atoms with E-state index in [1.54, 1.807) is 43.0 Å². The van der Waals surface area contributed by atoms with E-state index in [9.17, 15) is 18.0 Å². The first-order valence-electron chi connectivity index (χ1n) is 20.4. The number of urea groups is 1. The topological polar surface area (TPSA) is 152 Å². The molecule has 314 valence electrons. The number of carbonyl (C=O) groups excluding carboxylic acids is 2. The molecular weight excluding hydrogens is 790 g/mol. The fraction of sp³-hybridized carbons (Fsp3) is 0.442. The van der Waals surface area contributed by atoms with Crippen molar-refractivity contribution in [1.29, 1.82) is 0 Å². The van der Waals surface area contributed by atoms with Gasteiger partial charge in [0.15, 0.2) is 15.7 Å². The van der Waals surface area contributed by atoms with E-state index in [1.807, 2.05) is 32.0 Å². The van der Waals surface area contributed by atoms with E-state index >= 15 is 0 Å². The average Bonchev–Trinajstić information content (AvgIpc) is 3.21. The fourth-order valence-electron chi connectivity index (χ4n) is 8.00. The Hall–Kier alpha value is -4.96. The molecule has 0 aliphatic carbocycles. The molecule has 0 saturated carbocycles. The van der Waals surface area contributed by atoms with Crippen molar-refractivity contribution in [3.05, 3.63) is 83.0 Å². The molecule has 1 aromatic heterocycles. The van der Waals surface area contributed by atoms with Gasteiger partial charge in [0.25, 0.3) is 0 Å². The number of rotatable bonds is 13. The molecule has 0 atom stereocenters. The highest BCUT2D eigenvalue weighted by atomic mass is 35.5. The van der Waals surface area contributed by atoms with Gasteiger partial charge in [0.2, 0.25) is 11.9 Å². The van der Waals surface area contributed by atoms with Gasteiger partial charge in [0, 0.05) is 82.3 Å². The molecule has 4 heterocycles. The standard InChI is InChI=1S/C43H54ClN9O5S/c1-28(2)58-38-25-37(30(5)24-35(38)47-42-45-26-33(44)41(49-42)46-34-11-7-9-13-39(34)59(56,57)29(3)4)52-17-14-32(15-18-52)51-22-20-50(21-23-51)27-31-10-6-8-12-36(31)53-19-16-40(54)48-43(53)55/h6-13,24-26,28-29,32H,14-23,27H2,1-5H3,(H,48,54,55)(H2,45,46,47,49). The lowest BCUT2D eigenvalue weighted by molar-refractivity contribution is -0.120. The maximum absolute atomic E-state index is 13.1. The third-order valence-electron chi connectivity index (χ3n) is 11.2. The van der Waals surface area contributed by atoms with Gasteiger partial charge >= 0.3 is 6.03 Å². The molecule has 3 aliphatic heterocycles. The van der Waals surface area contributed by atoms with Crippen LogP contribution in [0.25, 0.3) is 0 Å². The van der Waals surface area contributed by atoms with Crippen LogP contribution in [0.5, 0.6) is 5.75 Å². The molecule has 0 radical (unpaired) electrons. The summed E-state index contributed by atoms with van der Waals surface area (Å²) in [5, 5.41) is 8.55. The van der Waals surface area contributed by atoms with Crippen molar-refractivity contribution in [3.8, 4) is 5.75 Å². The maximum Gasteiger partial charge on any atom is 0.328 e. The van der Waals surface area contributed by atoms with Gasteiger partial charge in [-0.25, -0.2) is 18.2 Å². The number of hydrogen-bond acceptors (Lipinski definition) is 12. The molecule has 0 bridgehead atoms. The van der Waals surface area contributed by atoms with Gasteiger partial charge in [-0.2, -0.15) is 4.98 Å². The van der Waals surface area contributed by atoms with Crippen molar-refractivity contribution in [1.82, 2.24) is 25.1 Å². The summed E-state index contributed by atoms with van der Waals surface area (Å²) in [5.74, 6) is 0.998. The molecule has 16 heteroatoms. The molecule has 3 aliphatic rings. The van der Waals surface area contributed by atoms with Gasteiger partial charge in [-0.3, -0.25) is 24.8 Å². The van der Waals surface area contributed by atoms with Crippen LogP contribution in [0, 0.1) is 6.92 Å². The summed E-state index contributed by atoms with van der Waals surface area (Å²) < 4.78 is 32.5. The van der Waals surface area contributed by atoms with Crippen LogP contribution in [0.3, 0.4) is 0 Å². The van der Waals surface area contributed by atoms with E-state index in [1.165, 1.54) is 6.20 Å². The Morgan fingerprint density at radius 3 is 2.31 bits per heavy atom. The van der Waals surface area contributed by atoms with Crippen molar-refractivity contribution < 1.29 is 22.7 Å². The zero-order chi connectivity index (χ0) is 41.8. The minimum absolute atomic E-state index is 0.0818. The number of piperidine rings is 1. The Balaban J connectivity index is 0.982. The van der Waals surface area contributed by atoms with Gasteiger partial charge in [0.1, 0.15) is 10.8 Å². The second-order valence-electron chi connectivity index (χ2n) is 15.9. The predicted molar refractivity (Wildman–Crippen MR) is 233 cm³/mol. The molecule has 3 aromatic carbocycles. The largest absolute Gasteiger partial charge is 0.489 e. The molecule has 14 nitrogen and oxygen atoms in total. The Morgan fingerprint density at radius 1 is 0.881 bits per heavy atom. The summed E-state index contributed by atoms with van der Waals surface area (Å²) in [6, 6.07) is 19.0. The number of imide groups is 1. The van der Waals surface area contributed by atoms with Crippen molar-refractivity contribution in [2.75, 3.05) is 66.2 Å². The average molecular weight is 844 g/mol. The summed E-state index contributed by atoms with van der Waals surface area (Å²) in [6.45, 7) is 16.3. The van der Waals surface area contributed by atoms with E-state index in [4.69, 9.17) is 16.3 Å². The molecule has 3 N–H and O–H groups in total. The number of para-hydroxylation sites is 2. The smallest absolute Gasteiger partial charge is 0.328 e. The lowest BCUT2D eigenvalue weighted by Gasteiger charge is -2.43. The number of piperazine rings is 1. The van der Waals surface area contributed by atoms with Crippen molar-refractivity contribution >= 4 is 67.9 Å². The zero-order valence-corrected chi connectivity index (χ0v) is 35.9. The van der Waals surface area contributed by atoms with E-state index in [0.717, 1.165) is 81.2 Å². The minimum atomic E-state index is -3.57. The van der Waals surface area contributed by atoms with Crippen molar-refractivity contribution in [2.45, 2.75) is 82.7 Å². The van der Waals surface area contributed by atoms with Crippen LogP contribution >= 0.6 is 11.6 Å². The highest BCUT2D eigenvalue weighted by Crippen LogP contribution is 2.38. The number of amides is 3. The number of carbonyl (C=O) groups is 2. The van der Waals surface area contributed by atoms with Gasteiger partial charge < -0.3 is 20.3 Å². The minimum Gasteiger partial charge on any atom is -0.489 e. The molecular formula is C43H54ClN9O5S. The number of ether oxygens (including phenoxy) is 1. The molecule has 3 fully saturated rings. The van der Waals surface area contributed by atoms with Crippen LogP contribution in [0.2, 0.25) is 5.02 Å². The zero-order valence-electron chi connectivity index (χ0n) is 34.4. The first kappa shape index (κ1) is 42.2. The Labute approximate surface area is 352 Å². The molecule has 3 saturated heterocycles. The highest BCUT2D eigenvalue weighted by molar-refractivity contribution is 7.92. The Bertz CT molecular complexity index is 2280. The normalized spacial score (nSPS) is 17.4. The van der Waals surface area contributed by atoms with Crippen LogP contribution in [-0.4, -0.2) is 103 Å². The summed E-state index contributed by atoms with van der Waals surface area (Å²) in [6.07, 6.45) is 3.82. The second-order valence-corrected chi connectivity index (χ2v) is 18.8. The van der Waals surface area contributed by atoms with Gasteiger partial charge in [-0.1, -0.05) is 41.9 Å². The van der Waals surface area contributed by atoms with E-state index < -0.39 is 15.1 Å². The summed E-state index contributed by atoms with van der Waals surface area (Å²) in [5.41, 5.74) is 5.27. The maximum atomic E-state index is 13.1. The highest BCUT2D eigenvalue weighted by Gasteiger charge is 2.31. The first-order chi connectivity index (χ1) is 28.3. The van der Waals surface area contributed by atoms with Crippen LogP contribution in [0.15, 0.2) is 71.8 Å². The Kier molecular flexibility index (Phi) is 13.0. The quantitative estimate of drug-likeness (QED) is 0.126. The first-order valence-corrected chi connectivity index (χ1v) is 22.3. The Morgan fingerprint density at radius 2 is 1.59 bits per heavy atom. The molecule has 0 unspecified atom stereocenters. The second kappa shape index (κ2) is 18.1. The summed E-state index contributed by atoms with van der Waals surface area (Å²) in [7, 11) is -3.57. The monoisotopic (exact) mass is 843 g/mol. The number of aromatic nitrogens is 2. The fourth-order valence-corrected chi connectivity index (χ4v) is 9.34. The van der Waals surface area contributed by atoms with Crippen LogP contribution in [0.4, 0.5) is 39.3 Å². The van der Waals surface area contributed by atoms with E-state index in [0.29, 0.717) is 36.1 Å². The lowest BCUT2D eigenvalue weighted by atomic mass is 10.00. The molecule has 4 aromatic rings. The van der Waals surface area contributed by atoms with E-state index in [-0.39, 0.29) is 39.7 Å². The number of sulfone groups is 1. The van der Waals surface area contributed by atoms with Crippen LogP contribution in [-0.2, 0) is 21.2 Å². The third kappa shape index (κ3) is 9.75. The predicted octanol–water partition coefficient (Wildman–Crippen LogP) is 7.13. The van der Waals surface area contributed by atoms with Crippen LogP contribution < -0.4 is 30.5 Å². The number of nitrogens with zero attached hydrogens (tertiary/aromatic N) is 6. The van der Waals surface area contributed by atoms with E-state index in [2.05, 4.69) is 65.7 Å². The van der Waals surface area contributed by atoms with Crippen LogP contribution in [0.1, 0.15) is 58.1 Å². The number of anilines is 6. The molecule has 3 amide bonds. The lowest BCUT2D eigenvalue weighted by Crippen LogP contribution is -2.53. The van der Waals surface area contributed by atoms with Gasteiger partial charge in [-0.05, 0) is 82.9 Å². The van der Waals surface area contributed by atoms with Crippen molar-refractivity contribution in [2.24, 2.45) is 0 Å². The summed E-state index contributed by atoms with van der Waals surface area (Å²) in [4.78, 5) is 42.8. The molecule has 59 heavy (non-hydrogen) atoms. The number of aryl methyl sites for hydroxylation is 1. The van der Waals surface area contributed by atoms with Gasteiger partial charge in [0.05, 0.1) is 33.8 Å². The number of hydrogen-bond donors (Lipinski definition) is 3. The molecule has 0 spiro atoms.